The van der Waals surface area contributed by atoms with E-state index in [1.54, 1.807) is 6.07 Å². The first-order valence-corrected chi connectivity index (χ1v) is 11.9. The van der Waals surface area contributed by atoms with Gasteiger partial charge in [-0.2, -0.15) is 5.10 Å². The van der Waals surface area contributed by atoms with Crippen LogP contribution >= 0.6 is 0 Å². The number of anilines is 1. The molecule has 0 bridgehead atoms. The molecule has 36 heavy (non-hydrogen) atoms. The molecular formula is C23H19FN4O7S. The van der Waals surface area contributed by atoms with Crippen molar-refractivity contribution in [2.45, 2.75) is 4.90 Å². The van der Waals surface area contributed by atoms with Gasteiger partial charge in [0.2, 0.25) is 0 Å². The summed E-state index contributed by atoms with van der Waals surface area (Å²) in [6, 6.07) is 14.2. The minimum atomic E-state index is -4.30. The van der Waals surface area contributed by atoms with Crippen LogP contribution in [0.15, 0.2) is 76.7 Å². The molecule has 3 aromatic rings. The number of carbonyl (C=O) groups excluding carboxylic acids is 1. The first kappa shape index (κ1) is 24.6. The highest BCUT2D eigenvalue weighted by atomic mass is 32.2. The van der Waals surface area contributed by atoms with Gasteiger partial charge in [0, 0.05) is 23.8 Å². The van der Waals surface area contributed by atoms with Crippen molar-refractivity contribution < 1.29 is 32.0 Å². The molecule has 1 aliphatic rings. The van der Waals surface area contributed by atoms with Crippen LogP contribution in [-0.2, 0) is 14.8 Å². The molecule has 0 aromatic heterocycles. The summed E-state index contributed by atoms with van der Waals surface area (Å²) in [4.78, 5) is 22.8. The summed E-state index contributed by atoms with van der Waals surface area (Å²) in [5.74, 6) is -0.752. The van der Waals surface area contributed by atoms with Gasteiger partial charge in [0.25, 0.3) is 21.6 Å². The molecule has 11 nitrogen and oxygen atoms in total. The van der Waals surface area contributed by atoms with Gasteiger partial charge in [-0.1, -0.05) is 12.1 Å². The maximum Gasteiger partial charge on any atom is 0.270 e. The van der Waals surface area contributed by atoms with Crippen LogP contribution in [-0.4, -0.2) is 45.2 Å². The Bertz CT molecular complexity index is 1430. The fourth-order valence-electron chi connectivity index (χ4n) is 3.30. The number of nitro groups is 1. The maximum atomic E-state index is 13.5. The van der Waals surface area contributed by atoms with Gasteiger partial charge in [0.1, 0.15) is 25.6 Å². The lowest BCUT2D eigenvalue weighted by molar-refractivity contribution is -0.384. The van der Waals surface area contributed by atoms with Gasteiger partial charge < -0.3 is 9.47 Å². The molecule has 0 atom stereocenters. The number of amides is 1. The highest BCUT2D eigenvalue weighted by Gasteiger charge is 2.29. The Morgan fingerprint density at radius 2 is 1.81 bits per heavy atom. The first-order chi connectivity index (χ1) is 17.2. The lowest BCUT2D eigenvalue weighted by Crippen LogP contribution is -2.39. The van der Waals surface area contributed by atoms with E-state index < -0.39 is 33.2 Å². The van der Waals surface area contributed by atoms with Crippen LogP contribution in [0.2, 0.25) is 0 Å². The van der Waals surface area contributed by atoms with Crippen LogP contribution < -0.4 is 19.2 Å². The molecule has 0 spiro atoms. The highest BCUT2D eigenvalue weighted by molar-refractivity contribution is 7.92. The van der Waals surface area contributed by atoms with E-state index >= 15 is 0 Å². The zero-order valence-electron chi connectivity index (χ0n) is 18.5. The average molecular weight is 514 g/mol. The minimum Gasteiger partial charge on any atom is -0.486 e. The zero-order valence-corrected chi connectivity index (χ0v) is 19.4. The number of ether oxygens (including phenoxy) is 2. The van der Waals surface area contributed by atoms with E-state index in [1.807, 2.05) is 0 Å². The van der Waals surface area contributed by atoms with Crippen LogP contribution in [0.4, 0.5) is 15.8 Å². The fourth-order valence-corrected chi connectivity index (χ4v) is 4.73. The minimum absolute atomic E-state index is 0.0455. The van der Waals surface area contributed by atoms with Crippen molar-refractivity contribution in [2.24, 2.45) is 5.10 Å². The Labute approximate surface area is 205 Å². The van der Waals surface area contributed by atoms with Crippen molar-refractivity contribution in [1.82, 2.24) is 5.43 Å². The Kier molecular flexibility index (Phi) is 7.10. The van der Waals surface area contributed by atoms with Gasteiger partial charge in [-0.15, -0.1) is 0 Å². The molecule has 0 unspecified atom stereocenters. The Hall–Kier alpha value is -4.52. The van der Waals surface area contributed by atoms with E-state index in [0.717, 1.165) is 16.4 Å². The molecule has 0 aliphatic carbocycles. The quantitative estimate of drug-likeness (QED) is 0.277. The van der Waals surface area contributed by atoms with Gasteiger partial charge in [0.05, 0.1) is 21.7 Å². The van der Waals surface area contributed by atoms with Crippen LogP contribution in [0, 0.1) is 15.9 Å². The van der Waals surface area contributed by atoms with Gasteiger partial charge in [-0.25, -0.2) is 18.2 Å². The van der Waals surface area contributed by atoms with E-state index in [0.29, 0.717) is 17.9 Å². The molecule has 1 amide bonds. The number of hydrogen-bond acceptors (Lipinski definition) is 8. The summed E-state index contributed by atoms with van der Waals surface area (Å²) in [6.07, 6.45) is 1.18. The molecule has 1 N–H and O–H groups in total. The number of nitrogens with one attached hydrogen (secondary N) is 1. The van der Waals surface area contributed by atoms with E-state index in [2.05, 4.69) is 10.5 Å². The molecule has 3 aromatic carbocycles. The second-order valence-electron chi connectivity index (χ2n) is 7.44. The predicted molar refractivity (Wildman–Crippen MR) is 127 cm³/mol. The molecule has 4 rings (SSSR count). The smallest absolute Gasteiger partial charge is 0.270 e. The SMILES string of the molecule is O=C(CN(c1ccc(F)cc1)S(=O)(=O)c1ccc2c(c1)OCCO2)N/N=C\c1cccc([N+](=O)[O-])c1. The highest BCUT2D eigenvalue weighted by Crippen LogP contribution is 2.34. The largest absolute Gasteiger partial charge is 0.486 e. The van der Waals surface area contributed by atoms with Crippen molar-refractivity contribution in [1.29, 1.82) is 0 Å². The second-order valence-corrected chi connectivity index (χ2v) is 9.30. The van der Waals surface area contributed by atoms with Crippen LogP contribution in [0.1, 0.15) is 5.56 Å². The zero-order chi connectivity index (χ0) is 25.7. The van der Waals surface area contributed by atoms with Gasteiger partial charge in [-0.3, -0.25) is 19.2 Å². The number of hydrogen-bond donors (Lipinski definition) is 1. The number of sulfonamides is 1. The molecule has 0 fully saturated rings. The van der Waals surface area contributed by atoms with Crippen molar-refractivity contribution in [2.75, 3.05) is 24.1 Å². The number of nitro benzene ring substituents is 1. The topological polar surface area (TPSA) is 140 Å². The van der Waals surface area contributed by atoms with Gasteiger partial charge in [0.15, 0.2) is 11.5 Å². The number of benzene rings is 3. The molecule has 13 heteroatoms. The van der Waals surface area contributed by atoms with Crippen molar-refractivity contribution in [3.63, 3.8) is 0 Å². The third-order valence-corrected chi connectivity index (χ3v) is 6.76. The Morgan fingerprint density at radius 1 is 1.08 bits per heavy atom. The fraction of sp³-hybridized carbons (Fsp3) is 0.130. The predicted octanol–water partition coefficient (Wildman–Crippen LogP) is 2.85. The van der Waals surface area contributed by atoms with Gasteiger partial charge in [-0.05, 0) is 36.4 Å². The van der Waals surface area contributed by atoms with E-state index in [1.165, 1.54) is 54.7 Å². The number of nitrogens with zero attached hydrogens (tertiary/aromatic N) is 3. The third-order valence-electron chi connectivity index (χ3n) is 4.99. The molecule has 0 saturated heterocycles. The lowest BCUT2D eigenvalue weighted by atomic mass is 10.2. The Morgan fingerprint density at radius 3 is 2.53 bits per heavy atom. The lowest BCUT2D eigenvalue weighted by Gasteiger charge is -2.25. The monoisotopic (exact) mass is 514 g/mol. The van der Waals surface area contributed by atoms with E-state index in [-0.39, 0.29) is 28.6 Å². The van der Waals surface area contributed by atoms with E-state index in [4.69, 9.17) is 9.47 Å². The summed E-state index contributed by atoms with van der Waals surface area (Å²) < 4.78 is 52.2. The second kappa shape index (κ2) is 10.4. The normalized spacial score (nSPS) is 12.8. The maximum absolute atomic E-state index is 13.5. The van der Waals surface area contributed by atoms with E-state index in [9.17, 15) is 27.7 Å². The summed E-state index contributed by atoms with van der Waals surface area (Å²) in [6.45, 7) is -0.102. The summed E-state index contributed by atoms with van der Waals surface area (Å²) in [5.41, 5.74) is 2.44. The Balaban J connectivity index is 1.57. The van der Waals surface area contributed by atoms with Crippen molar-refractivity contribution >= 4 is 33.5 Å². The summed E-state index contributed by atoms with van der Waals surface area (Å²) in [7, 11) is -4.30. The molecular weight excluding hydrogens is 495 g/mol. The first-order valence-electron chi connectivity index (χ1n) is 10.5. The van der Waals surface area contributed by atoms with Crippen molar-refractivity contribution in [3.8, 4) is 11.5 Å². The van der Waals surface area contributed by atoms with Crippen molar-refractivity contribution in [3.05, 3.63) is 88.2 Å². The molecule has 1 heterocycles. The summed E-state index contributed by atoms with van der Waals surface area (Å²) in [5, 5.41) is 14.6. The van der Waals surface area contributed by atoms with Crippen LogP contribution in [0.5, 0.6) is 11.5 Å². The number of rotatable bonds is 8. The van der Waals surface area contributed by atoms with Crippen LogP contribution in [0.25, 0.3) is 0 Å². The molecule has 0 radical (unpaired) electrons. The summed E-state index contributed by atoms with van der Waals surface area (Å²) >= 11 is 0. The number of hydrazone groups is 1. The molecule has 0 saturated carbocycles. The number of fused-ring (bicyclic) bond motifs is 1. The van der Waals surface area contributed by atoms with Gasteiger partial charge >= 0.3 is 0 Å². The third kappa shape index (κ3) is 5.58. The number of non-ortho nitro benzene ring substituents is 1. The van der Waals surface area contributed by atoms with Crippen LogP contribution in [0.3, 0.4) is 0 Å². The standard InChI is InChI=1S/C23H19FN4O7S/c24-17-4-6-18(7-5-17)27(36(32,33)20-8-9-21-22(13-20)35-11-10-34-21)15-23(29)26-25-14-16-2-1-3-19(12-16)28(30)31/h1-9,12-14H,10-11,15H2,(H,26,29)/b25-14-. The average Bonchev–Trinajstić information content (AvgIpc) is 2.87. The number of halogens is 1. The number of carbonyl (C=O) groups is 1. The molecule has 1 aliphatic heterocycles. The molecule has 186 valence electrons.